The molecular formula is C14H29NO. The fourth-order valence-electron chi connectivity index (χ4n) is 3.14. The predicted octanol–water partition coefficient (Wildman–Crippen LogP) is 3.07. The Balaban J connectivity index is 2.52. The van der Waals surface area contributed by atoms with Crippen LogP contribution in [0.5, 0.6) is 0 Å². The summed E-state index contributed by atoms with van der Waals surface area (Å²) >= 11 is 0. The van der Waals surface area contributed by atoms with E-state index in [1.807, 2.05) is 0 Å². The summed E-state index contributed by atoms with van der Waals surface area (Å²) in [5, 5.41) is 3.59. The molecule has 96 valence electrons. The van der Waals surface area contributed by atoms with Gasteiger partial charge in [0.25, 0.3) is 0 Å². The fraction of sp³-hybridized carbons (Fsp3) is 1.00. The van der Waals surface area contributed by atoms with Crippen LogP contribution in [0.1, 0.15) is 48.0 Å². The van der Waals surface area contributed by atoms with E-state index >= 15 is 0 Å². The lowest BCUT2D eigenvalue weighted by molar-refractivity contribution is 0.100. The molecule has 1 fully saturated rings. The number of hydrogen-bond acceptors (Lipinski definition) is 2. The fourth-order valence-corrected chi connectivity index (χ4v) is 3.14. The van der Waals surface area contributed by atoms with Gasteiger partial charge in [0.05, 0.1) is 6.61 Å². The maximum Gasteiger partial charge on any atom is 0.0622 e. The molecule has 0 heterocycles. The Labute approximate surface area is 101 Å². The van der Waals surface area contributed by atoms with E-state index in [9.17, 15) is 0 Å². The molecule has 0 spiro atoms. The summed E-state index contributed by atoms with van der Waals surface area (Å²) in [6, 6.07) is 0.515. The quantitative estimate of drug-likeness (QED) is 0.675. The molecule has 2 nitrogen and oxygen atoms in total. The lowest BCUT2D eigenvalue weighted by Crippen LogP contribution is -2.37. The highest BCUT2D eigenvalue weighted by Crippen LogP contribution is 2.69. The SMILES string of the molecule is CCCOCC(NCC)C1C(C)(C)C1(C)C. The van der Waals surface area contributed by atoms with Gasteiger partial charge in [0, 0.05) is 12.6 Å². The highest BCUT2D eigenvalue weighted by atomic mass is 16.5. The molecule has 1 aliphatic carbocycles. The zero-order valence-corrected chi connectivity index (χ0v) is 11.9. The van der Waals surface area contributed by atoms with E-state index in [4.69, 9.17) is 4.74 Å². The van der Waals surface area contributed by atoms with Gasteiger partial charge in [0.15, 0.2) is 0 Å². The monoisotopic (exact) mass is 227 g/mol. The summed E-state index contributed by atoms with van der Waals surface area (Å²) < 4.78 is 5.72. The molecule has 1 aliphatic rings. The van der Waals surface area contributed by atoms with E-state index in [0.29, 0.717) is 16.9 Å². The molecule has 0 bridgehead atoms. The van der Waals surface area contributed by atoms with Crippen LogP contribution in [0, 0.1) is 16.7 Å². The molecule has 16 heavy (non-hydrogen) atoms. The average Bonchev–Trinajstić information content (AvgIpc) is 2.57. The molecule has 1 N–H and O–H groups in total. The third-order valence-corrected chi connectivity index (χ3v) is 4.65. The standard InChI is InChI=1S/C14H29NO/c1-7-9-16-10-11(15-8-2)12-13(3,4)14(12,5)6/h11-12,15H,7-10H2,1-6H3. The van der Waals surface area contributed by atoms with Crippen molar-refractivity contribution in [1.29, 1.82) is 0 Å². The summed E-state index contributed by atoms with van der Waals surface area (Å²) in [5.74, 6) is 0.733. The van der Waals surface area contributed by atoms with Crippen molar-refractivity contribution in [2.45, 2.75) is 54.0 Å². The van der Waals surface area contributed by atoms with E-state index in [1.54, 1.807) is 0 Å². The first-order chi connectivity index (χ1) is 7.39. The summed E-state index contributed by atoms with van der Waals surface area (Å²) in [6.45, 7) is 16.6. The second-order valence-corrected chi connectivity index (χ2v) is 6.16. The summed E-state index contributed by atoms with van der Waals surface area (Å²) in [6.07, 6.45) is 1.11. The largest absolute Gasteiger partial charge is 0.380 e. The Hall–Kier alpha value is -0.0800. The maximum absolute atomic E-state index is 5.72. The van der Waals surface area contributed by atoms with Gasteiger partial charge >= 0.3 is 0 Å². The lowest BCUT2D eigenvalue weighted by atomic mass is 10.0. The third-order valence-electron chi connectivity index (χ3n) is 4.65. The number of likely N-dealkylation sites (N-methyl/N-ethyl adjacent to an activating group) is 1. The van der Waals surface area contributed by atoms with Crippen molar-refractivity contribution in [1.82, 2.24) is 5.32 Å². The second kappa shape index (κ2) is 5.05. The van der Waals surface area contributed by atoms with Crippen molar-refractivity contribution < 1.29 is 4.74 Å². The van der Waals surface area contributed by atoms with Crippen LogP contribution in [-0.4, -0.2) is 25.8 Å². The molecule has 0 aliphatic heterocycles. The Bertz CT molecular complexity index is 209. The predicted molar refractivity (Wildman–Crippen MR) is 69.6 cm³/mol. The van der Waals surface area contributed by atoms with Crippen molar-refractivity contribution in [3.05, 3.63) is 0 Å². The number of rotatable bonds is 7. The van der Waals surface area contributed by atoms with Crippen LogP contribution < -0.4 is 5.32 Å². The van der Waals surface area contributed by atoms with Crippen LogP contribution in [0.4, 0.5) is 0 Å². The lowest BCUT2D eigenvalue weighted by Gasteiger charge is -2.20. The molecule has 1 unspecified atom stereocenters. The van der Waals surface area contributed by atoms with E-state index in [2.05, 4.69) is 46.9 Å². The number of ether oxygens (including phenoxy) is 1. The Kier molecular flexibility index (Phi) is 4.42. The van der Waals surface area contributed by atoms with Crippen molar-refractivity contribution in [3.8, 4) is 0 Å². The van der Waals surface area contributed by atoms with Crippen molar-refractivity contribution in [2.24, 2.45) is 16.7 Å². The average molecular weight is 227 g/mol. The topological polar surface area (TPSA) is 21.3 Å². The smallest absolute Gasteiger partial charge is 0.0622 e. The Morgan fingerprint density at radius 3 is 2.06 bits per heavy atom. The van der Waals surface area contributed by atoms with E-state index in [1.165, 1.54) is 0 Å². The molecule has 0 aromatic carbocycles. The van der Waals surface area contributed by atoms with Gasteiger partial charge < -0.3 is 10.1 Å². The van der Waals surface area contributed by atoms with Gasteiger partial charge in [-0.2, -0.15) is 0 Å². The molecule has 1 rings (SSSR count). The zero-order valence-electron chi connectivity index (χ0n) is 11.9. The van der Waals surface area contributed by atoms with Crippen LogP contribution in [0.2, 0.25) is 0 Å². The highest BCUT2D eigenvalue weighted by Gasteiger charge is 2.66. The molecule has 1 saturated carbocycles. The first-order valence-corrected chi connectivity index (χ1v) is 6.70. The van der Waals surface area contributed by atoms with Crippen molar-refractivity contribution in [3.63, 3.8) is 0 Å². The molecule has 0 amide bonds. The molecule has 0 aromatic rings. The van der Waals surface area contributed by atoms with Crippen LogP contribution in [0.25, 0.3) is 0 Å². The van der Waals surface area contributed by atoms with Gasteiger partial charge in [-0.25, -0.2) is 0 Å². The Morgan fingerprint density at radius 2 is 1.69 bits per heavy atom. The van der Waals surface area contributed by atoms with E-state index < -0.39 is 0 Å². The second-order valence-electron chi connectivity index (χ2n) is 6.16. The number of nitrogens with one attached hydrogen (secondary N) is 1. The van der Waals surface area contributed by atoms with Gasteiger partial charge in [-0.05, 0) is 29.7 Å². The third kappa shape index (κ3) is 2.43. The van der Waals surface area contributed by atoms with Crippen LogP contribution in [0.15, 0.2) is 0 Å². The minimum Gasteiger partial charge on any atom is -0.380 e. The molecule has 0 saturated heterocycles. The van der Waals surface area contributed by atoms with Gasteiger partial charge in [-0.15, -0.1) is 0 Å². The highest BCUT2D eigenvalue weighted by molar-refractivity contribution is 5.16. The molecule has 0 aromatic heterocycles. The van der Waals surface area contributed by atoms with E-state index in [-0.39, 0.29) is 0 Å². The summed E-state index contributed by atoms with van der Waals surface area (Å²) in [5.41, 5.74) is 0.880. The molecule has 0 radical (unpaired) electrons. The van der Waals surface area contributed by atoms with Crippen molar-refractivity contribution in [2.75, 3.05) is 19.8 Å². The van der Waals surface area contributed by atoms with Gasteiger partial charge in [-0.3, -0.25) is 0 Å². The molecule has 2 heteroatoms. The summed E-state index contributed by atoms with van der Waals surface area (Å²) in [4.78, 5) is 0. The molecule has 1 atom stereocenters. The minimum atomic E-state index is 0.440. The summed E-state index contributed by atoms with van der Waals surface area (Å²) in [7, 11) is 0. The minimum absolute atomic E-state index is 0.440. The Morgan fingerprint density at radius 1 is 1.12 bits per heavy atom. The van der Waals surface area contributed by atoms with Crippen molar-refractivity contribution >= 4 is 0 Å². The van der Waals surface area contributed by atoms with Gasteiger partial charge in [0.2, 0.25) is 0 Å². The van der Waals surface area contributed by atoms with Crippen LogP contribution >= 0.6 is 0 Å². The maximum atomic E-state index is 5.72. The van der Waals surface area contributed by atoms with Gasteiger partial charge in [-0.1, -0.05) is 41.5 Å². The zero-order chi connectivity index (χ0) is 12.4. The van der Waals surface area contributed by atoms with Crippen LogP contribution in [-0.2, 0) is 4.74 Å². The first-order valence-electron chi connectivity index (χ1n) is 6.70. The van der Waals surface area contributed by atoms with Gasteiger partial charge in [0.1, 0.15) is 0 Å². The number of hydrogen-bond donors (Lipinski definition) is 1. The first kappa shape index (κ1) is 14.0. The van der Waals surface area contributed by atoms with Crippen LogP contribution in [0.3, 0.4) is 0 Å². The molecular weight excluding hydrogens is 198 g/mol. The normalized spacial score (nSPS) is 24.4. The van der Waals surface area contributed by atoms with E-state index in [0.717, 1.165) is 32.1 Å².